The van der Waals surface area contributed by atoms with Crippen LogP contribution in [0.4, 0.5) is 4.79 Å². The van der Waals surface area contributed by atoms with E-state index in [1.54, 1.807) is 30.3 Å². The van der Waals surface area contributed by atoms with Crippen molar-refractivity contribution in [1.82, 2.24) is 20.5 Å². The Bertz CT molecular complexity index is 1880. The molecule has 276 valence electrons. The van der Waals surface area contributed by atoms with Crippen LogP contribution in [0, 0.1) is 5.92 Å². The first-order chi connectivity index (χ1) is 25.1. The molecular formula is C40H48N4O8. The lowest BCUT2D eigenvalue weighted by atomic mass is 9.86. The lowest BCUT2D eigenvalue weighted by Crippen LogP contribution is -2.52. The number of unbranched alkanes of at least 4 members (excludes halogenated alkanes) is 1. The Labute approximate surface area is 302 Å². The predicted molar refractivity (Wildman–Crippen MR) is 196 cm³/mol. The Morgan fingerprint density at radius 1 is 0.962 bits per heavy atom. The maximum absolute atomic E-state index is 13.2. The first kappa shape index (κ1) is 36.9. The van der Waals surface area contributed by atoms with Gasteiger partial charge < -0.3 is 40.4 Å². The van der Waals surface area contributed by atoms with Crippen molar-refractivity contribution in [2.45, 2.75) is 75.8 Å². The Kier molecular flexibility index (Phi) is 12.1. The van der Waals surface area contributed by atoms with Gasteiger partial charge in [-0.3, -0.25) is 9.69 Å². The maximum Gasteiger partial charge on any atom is 0.408 e. The van der Waals surface area contributed by atoms with Gasteiger partial charge in [0, 0.05) is 30.6 Å². The summed E-state index contributed by atoms with van der Waals surface area (Å²) in [6.07, 6.45) is 1.94. The minimum Gasteiger partial charge on any atom is -0.506 e. The lowest BCUT2D eigenvalue weighted by molar-refractivity contribution is -0.145. The molecule has 5 atom stereocenters. The number of nitrogens with one attached hydrogen (secondary N) is 3. The van der Waals surface area contributed by atoms with Gasteiger partial charge in [0.15, 0.2) is 6.10 Å². The first-order valence-electron chi connectivity index (χ1n) is 18.1. The number of alkyl carbamates (subject to hydrolysis) is 1. The highest BCUT2D eigenvalue weighted by Gasteiger charge is 2.37. The van der Waals surface area contributed by atoms with Crippen molar-refractivity contribution in [3.63, 3.8) is 0 Å². The third kappa shape index (κ3) is 9.30. The number of H-pyrrole nitrogens is 1. The van der Waals surface area contributed by atoms with E-state index in [0.717, 1.165) is 56.4 Å². The standard InChI is InChI=1S/C40H48N4O8/c1-25(41-23-33(46)30-14-16-32(45)38-31(30)15-17-36(47)42-38)8-5-6-13-34(39(48)49)51-29-12-7-11-28(22-29)37(27-9-3-2-4-10-27)43-40(50)52-35-24-44-20-18-26(35)19-21-44/h2-4,7,9-12,14-17,22,25-26,33-35,37,41,45-46H,5-6,8,13,18-21,23-24H2,1H3,(H,42,47)(H,43,50)(H,48,49)/t25?,33-,34?,35+,37?/m1/s1. The summed E-state index contributed by atoms with van der Waals surface area (Å²) in [5.74, 6) is -0.337. The molecule has 3 saturated heterocycles. The largest absolute Gasteiger partial charge is 0.506 e. The number of rotatable bonds is 16. The second-order valence-corrected chi connectivity index (χ2v) is 14.0. The van der Waals surface area contributed by atoms with E-state index in [9.17, 15) is 29.7 Å². The normalized spacial score (nSPS) is 20.5. The van der Waals surface area contributed by atoms with Gasteiger partial charge in [0.1, 0.15) is 17.6 Å². The SMILES string of the molecule is CC(CCCCC(Oc1cccc(C(NC(=O)O[C@H]2CN3CCC2CC3)c2ccccc2)c1)C(=O)O)NC[C@@H](O)c1ccc(O)c2[nH]c(=O)ccc12. The molecule has 4 aromatic rings. The number of hydrogen-bond donors (Lipinski definition) is 6. The topological polar surface area (TPSA) is 173 Å². The molecule has 12 nitrogen and oxygen atoms in total. The molecule has 12 heteroatoms. The molecule has 6 N–H and O–H groups in total. The van der Waals surface area contributed by atoms with Crippen LogP contribution in [0.1, 0.15) is 74.3 Å². The van der Waals surface area contributed by atoms with Gasteiger partial charge in [-0.1, -0.05) is 55.0 Å². The molecule has 3 fully saturated rings. The number of aromatic nitrogens is 1. The molecule has 1 amide bonds. The van der Waals surface area contributed by atoms with E-state index in [4.69, 9.17) is 9.47 Å². The molecule has 3 aliphatic heterocycles. The molecule has 2 bridgehead atoms. The monoisotopic (exact) mass is 712 g/mol. The van der Waals surface area contributed by atoms with E-state index in [0.29, 0.717) is 35.5 Å². The van der Waals surface area contributed by atoms with Crippen molar-refractivity contribution in [3.8, 4) is 11.5 Å². The van der Waals surface area contributed by atoms with E-state index in [1.807, 2.05) is 43.3 Å². The third-order valence-corrected chi connectivity index (χ3v) is 10.3. The van der Waals surface area contributed by atoms with E-state index in [1.165, 1.54) is 12.1 Å². The van der Waals surface area contributed by atoms with Gasteiger partial charge >= 0.3 is 12.1 Å². The number of carbonyl (C=O) groups excluding carboxylic acids is 1. The lowest BCUT2D eigenvalue weighted by Gasteiger charge is -2.43. The highest BCUT2D eigenvalue weighted by molar-refractivity contribution is 5.87. The Hall–Kier alpha value is -4.91. The average molecular weight is 713 g/mol. The average Bonchev–Trinajstić information content (AvgIpc) is 3.15. The quantitative estimate of drug-likeness (QED) is 0.0843. The number of carboxylic acids is 1. The third-order valence-electron chi connectivity index (χ3n) is 10.3. The second kappa shape index (κ2) is 17.1. The van der Waals surface area contributed by atoms with Crippen LogP contribution in [0.2, 0.25) is 0 Å². The maximum atomic E-state index is 13.2. The van der Waals surface area contributed by atoms with Crippen LogP contribution >= 0.6 is 0 Å². The summed E-state index contributed by atoms with van der Waals surface area (Å²) in [6, 6.07) is 22.3. The number of fused-ring (bicyclic) bond motifs is 4. The van der Waals surface area contributed by atoms with Crippen molar-refractivity contribution >= 4 is 23.0 Å². The molecular weight excluding hydrogens is 664 g/mol. The van der Waals surface area contributed by atoms with E-state index >= 15 is 0 Å². The second-order valence-electron chi connectivity index (χ2n) is 14.0. The van der Waals surface area contributed by atoms with Gasteiger partial charge in [-0.15, -0.1) is 0 Å². The van der Waals surface area contributed by atoms with Crippen molar-refractivity contribution in [2.24, 2.45) is 5.92 Å². The van der Waals surface area contributed by atoms with Crippen LogP contribution < -0.4 is 20.9 Å². The van der Waals surface area contributed by atoms with Crippen LogP contribution in [0.25, 0.3) is 10.9 Å². The summed E-state index contributed by atoms with van der Waals surface area (Å²) in [5, 5.41) is 38.0. The number of aliphatic carboxylic acids is 1. The minimum absolute atomic E-state index is 0.0404. The van der Waals surface area contributed by atoms with Crippen LogP contribution in [0.15, 0.2) is 83.7 Å². The Balaban J connectivity index is 1.01. The molecule has 7 rings (SSSR count). The number of amides is 1. The fraction of sp³-hybridized carbons (Fsp3) is 0.425. The summed E-state index contributed by atoms with van der Waals surface area (Å²) in [6.45, 7) is 5.12. The highest BCUT2D eigenvalue weighted by Crippen LogP contribution is 2.32. The number of aliphatic hydroxyl groups excluding tert-OH is 1. The minimum atomic E-state index is -1.06. The summed E-state index contributed by atoms with van der Waals surface area (Å²) < 4.78 is 11.9. The summed E-state index contributed by atoms with van der Waals surface area (Å²) in [7, 11) is 0. The van der Waals surface area contributed by atoms with E-state index in [2.05, 4.69) is 20.5 Å². The van der Waals surface area contributed by atoms with E-state index in [-0.39, 0.29) is 35.5 Å². The van der Waals surface area contributed by atoms with Crippen LogP contribution in [-0.4, -0.2) is 81.7 Å². The number of phenols is 1. The molecule has 3 unspecified atom stereocenters. The van der Waals surface area contributed by atoms with Crippen molar-refractivity contribution in [3.05, 3.63) is 106 Å². The molecule has 0 aliphatic carbocycles. The number of benzene rings is 3. The number of carbonyl (C=O) groups is 2. The molecule has 0 saturated carbocycles. The summed E-state index contributed by atoms with van der Waals surface area (Å²) >= 11 is 0. The number of pyridine rings is 1. The zero-order chi connectivity index (χ0) is 36.6. The fourth-order valence-electron chi connectivity index (χ4n) is 7.36. The number of nitrogens with zero attached hydrogens (tertiary/aromatic N) is 1. The number of aromatic hydroxyl groups is 1. The number of hydrogen-bond acceptors (Lipinski definition) is 9. The number of carboxylic acid groups (broad SMARTS) is 1. The predicted octanol–water partition coefficient (Wildman–Crippen LogP) is 5.25. The number of phenolic OH excluding ortho intramolecular Hbond substituents is 1. The van der Waals surface area contributed by atoms with Gasteiger partial charge in [-0.05, 0) is 99.0 Å². The molecule has 52 heavy (non-hydrogen) atoms. The van der Waals surface area contributed by atoms with Gasteiger partial charge in [0.05, 0.1) is 17.7 Å². The van der Waals surface area contributed by atoms with Gasteiger partial charge in [0.2, 0.25) is 5.56 Å². The van der Waals surface area contributed by atoms with Crippen LogP contribution in [-0.2, 0) is 9.53 Å². The van der Waals surface area contributed by atoms with Gasteiger partial charge in [0.25, 0.3) is 0 Å². The van der Waals surface area contributed by atoms with Crippen LogP contribution in [0.3, 0.4) is 0 Å². The van der Waals surface area contributed by atoms with E-state index < -0.39 is 30.3 Å². The van der Waals surface area contributed by atoms with Crippen LogP contribution in [0.5, 0.6) is 11.5 Å². The van der Waals surface area contributed by atoms with Gasteiger partial charge in [-0.2, -0.15) is 0 Å². The Morgan fingerprint density at radius 2 is 1.71 bits per heavy atom. The van der Waals surface area contributed by atoms with Crippen molar-refractivity contribution < 1.29 is 34.4 Å². The molecule has 1 aromatic heterocycles. The van der Waals surface area contributed by atoms with Crippen molar-refractivity contribution in [1.29, 1.82) is 0 Å². The van der Waals surface area contributed by atoms with Crippen molar-refractivity contribution in [2.75, 3.05) is 26.2 Å². The molecule has 0 spiro atoms. The number of piperidine rings is 3. The highest BCUT2D eigenvalue weighted by atomic mass is 16.6. The molecule has 3 aliphatic rings. The molecule has 0 radical (unpaired) electrons. The number of aromatic amines is 1. The Morgan fingerprint density at radius 3 is 2.44 bits per heavy atom. The number of aliphatic hydroxyl groups is 1. The smallest absolute Gasteiger partial charge is 0.408 e. The summed E-state index contributed by atoms with van der Waals surface area (Å²) in [5.41, 5.74) is 2.14. The zero-order valence-corrected chi connectivity index (χ0v) is 29.4. The zero-order valence-electron chi connectivity index (χ0n) is 29.4. The number of ether oxygens (including phenoxy) is 2. The molecule has 3 aromatic carbocycles. The molecule has 4 heterocycles. The van der Waals surface area contributed by atoms with Gasteiger partial charge in [-0.25, -0.2) is 9.59 Å². The first-order valence-corrected chi connectivity index (χ1v) is 18.1. The fourth-order valence-corrected chi connectivity index (χ4v) is 7.36. The summed E-state index contributed by atoms with van der Waals surface area (Å²) in [4.78, 5) is 42.1.